The Morgan fingerprint density at radius 1 is 1.04 bits per heavy atom. The fraction of sp³-hybridized carbons (Fsp3) is 0.0588. The molecule has 116 valence electrons. The highest BCUT2D eigenvalue weighted by atomic mass is 16.6. The van der Waals surface area contributed by atoms with Gasteiger partial charge in [0.2, 0.25) is 0 Å². The summed E-state index contributed by atoms with van der Waals surface area (Å²) in [5.41, 5.74) is 0.0461. The van der Waals surface area contributed by atoms with Gasteiger partial charge in [-0.2, -0.15) is 0 Å². The van der Waals surface area contributed by atoms with Crippen LogP contribution in [0.4, 0.5) is 0 Å². The highest BCUT2D eigenvalue weighted by Gasteiger charge is 2.14. The van der Waals surface area contributed by atoms with Crippen LogP contribution in [-0.4, -0.2) is 18.2 Å². The number of carbonyl (C=O) groups is 1. The Morgan fingerprint density at radius 2 is 1.78 bits per heavy atom. The van der Waals surface area contributed by atoms with Crippen molar-refractivity contribution in [3.8, 4) is 17.2 Å². The molecule has 6 heteroatoms. The predicted molar refractivity (Wildman–Crippen MR) is 82.1 cm³/mol. The molecular weight excluding hydrogens is 300 g/mol. The quantitative estimate of drug-likeness (QED) is 0.454. The molecule has 1 heterocycles. The van der Waals surface area contributed by atoms with Crippen molar-refractivity contribution in [1.29, 1.82) is 0 Å². The van der Waals surface area contributed by atoms with E-state index < -0.39 is 11.6 Å². The summed E-state index contributed by atoms with van der Waals surface area (Å²) in [7, 11) is 1.44. The normalized spacial score (nSPS) is 10.5. The molecule has 0 aliphatic heterocycles. The molecular formula is C17H12O6. The van der Waals surface area contributed by atoms with E-state index in [4.69, 9.17) is 13.9 Å². The van der Waals surface area contributed by atoms with E-state index in [0.29, 0.717) is 11.1 Å². The molecule has 0 fully saturated rings. The van der Waals surface area contributed by atoms with Gasteiger partial charge in [-0.3, -0.25) is 0 Å². The molecule has 1 aromatic heterocycles. The first-order valence-electron chi connectivity index (χ1n) is 6.70. The summed E-state index contributed by atoms with van der Waals surface area (Å²) >= 11 is 0. The molecule has 0 aliphatic rings. The van der Waals surface area contributed by atoms with E-state index >= 15 is 0 Å². The number of methoxy groups -OCH3 is 1. The van der Waals surface area contributed by atoms with Crippen LogP contribution in [0.5, 0.6) is 17.2 Å². The van der Waals surface area contributed by atoms with Crippen LogP contribution in [0.25, 0.3) is 11.0 Å². The second-order valence-electron chi connectivity index (χ2n) is 4.73. The van der Waals surface area contributed by atoms with Gasteiger partial charge in [0.1, 0.15) is 11.3 Å². The maximum Gasteiger partial charge on any atom is 0.343 e. The Morgan fingerprint density at radius 3 is 2.48 bits per heavy atom. The summed E-state index contributed by atoms with van der Waals surface area (Å²) in [5, 5.41) is 9.88. The number of hydrogen-bond acceptors (Lipinski definition) is 6. The minimum Gasteiger partial charge on any atom is -0.508 e. The van der Waals surface area contributed by atoms with E-state index in [1.54, 1.807) is 12.1 Å². The van der Waals surface area contributed by atoms with Crippen molar-refractivity contribution < 1.29 is 23.8 Å². The van der Waals surface area contributed by atoms with E-state index in [9.17, 15) is 14.7 Å². The van der Waals surface area contributed by atoms with Crippen molar-refractivity contribution in [3.63, 3.8) is 0 Å². The molecule has 2 aromatic carbocycles. The van der Waals surface area contributed by atoms with Gasteiger partial charge in [0, 0.05) is 17.5 Å². The number of phenolic OH excluding ortho intramolecular Hbond substituents is 1. The second-order valence-corrected chi connectivity index (χ2v) is 4.73. The van der Waals surface area contributed by atoms with Crippen LogP contribution in [0.1, 0.15) is 10.4 Å². The summed E-state index contributed by atoms with van der Waals surface area (Å²) in [6.45, 7) is 0. The number of hydrogen-bond donors (Lipinski definition) is 1. The third-order valence-corrected chi connectivity index (χ3v) is 3.21. The van der Waals surface area contributed by atoms with Gasteiger partial charge in [0.25, 0.3) is 0 Å². The Kier molecular flexibility index (Phi) is 3.72. The average molecular weight is 312 g/mol. The maximum atomic E-state index is 12.1. The fourth-order valence-corrected chi connectivity index (χ4v) is 2.07. The third kappa shape index (κ3) is 3.01. The van der Waals surface area contributed by atoms with Gasteiger partial charge in [0.05, 0.1) is 12.7 Å². The molecule has 3 rings (SSSR count). The molecule has 3 aromatic rings. The van der Waals surface area contributed by atoms with Crippen LogP contribution in [0.3, 0.4) is 0 Å². The summed E-state index contributed by atoms with van der Waals surface area (Å²) in [6, 6.07) is 11.6. The van der Waals surface area contributed by atoms with E-state index in [1.165, 1.54) is 43.5 Å². The molecule has 23 heavy (non-hydrogen) atoms. The van der Waals surface area contributed by atoms with Gasteiger partial charge < -0.3 is 19.0 Å². The molecule has 0 aliphatic carbocycles. The number of fused-ring (bicyclic) bond motifs is 1. The van der Waals surface area contributed by atoms with E-state index in [1.807, 2.05) is 0 Å². The second kappa shape index (κ2) is 5.84. The zero-order chi connectivity index (χ0) is 16.4. The SMILES string of the molecule is COc1cc2ccc(=O)oc2cc1OC(=O)c1ccc(O)cc1. The van der Waals surface area contributed by atoms with Crippen molar-refractivity contribution >= 4 is 16.9 Å². The summed E-state index contributed by atoms with van der Waals surface area (Å²) in [6.07, 6.45) is 0. The number of carbonyl (C=O) groups excluding carboxylic acids is 1. The molecule has 6 nitrogen and oxygen atoms in total. The van der Waals surface area contributed by atoms with Crippen LogP contribution in [-0.2, 0) is 0 Å². The summed E-state index contributed by atoms with van der Waals surface area (Å²) in [5.74, 6) is -0.113. The third-order valence-electron chi connectivity index (χ3n) is 3.21. The van der Waals surface area contributed by atoms with Crippen LogP contribution in [0, 0.1) is 0 Å². The topological polar surface area (TPSA) is 86.0 Å². The first-order chi connectivity index (χ1) is 11.1. The lowest BCUT2D eigenvalue weighted by atomic mass is 10.2. The molecule has 0 radical (unpaired) electrons. The van der Waals surface area contributed by atoms with Gasteiger partial charge >= 0.3 is 11.6 Å². The van der Waals surface area contributed by atoms with Gasteiger partial charge in [-0.25, -0.2) is 9.59 Å². The fourth-order valence-electron chi connectivity index (χ4n) is 2.07. The first kappa shape index (κ1) is 14.6. The summed E-state index contributed by atoms with van der Waals surface area (Å²) in [4.78, 5) is 23.4. The lowest BCUT2D eigenvalue weighted by Crippen LogP contribution is -2.09. The molecule has 0 unspecified atom stereocenters. The van der Waals surface area contributed by atoms with E-state index in [-0.39, 0.29) is 22.6 Å². The largest absolute Gasteiger partial charge is 0.508 e. The first-order valence-corrected chi connectivity index (χ1v) is 6.70. The highest BCUT2D eigenvalue weighted by Crippen LogP contribution is 2.32. The van der Waals surface area contributed by atoms with Gasteiger partial charge in [-0.15, -0.1) is 0 Å². The van der Waals surface area contributed by atoms with Crippen molar-refractivity contribution in [2.24, 2.45) is 0 Å². The van der Waals surface area contributed by atoms with Crippen molar-refractivity contribution in [2.45, 2.75) is 0 Å². The van der Waals surface area contributed by atoms with Crippen LogP contribution >= 0.6 is 0 Å². The molecule has 0 spiro atoms. The number of rotatable bonds is 3. The Balaban J connectivity index is 1.99. The standard InChI is InChI=1S/C17H12O6/c1-21-14-8-11-4-7-16(19)22-13(11)9-15(14)23-17(20)10-2-5-12(18)6-3-10/h2-9,18H,1H3. The number of benzene rings is 2. The minimum absolute atomic E-state index is 0.0478. The van der Waals surface area contributed by atoms with Gasteiger partial charge in [-0.1, -0.05) is 0 Å². The minimum atomic E-state index is -0.624. The monoisotopic (exact) mass is 312 g/mol. The Hall–Kier alpha value is -3.28. The van der Waals surface area contributed by atoms with Crippen LogP contribution < -0.4 is 15.1 Å². The van der Waals surface area contributed by atoms with Crippen molar-refractivity contribution in [2.75, 3.05) is 7.11 Å². The molecule has 0 amide bonds. The van der Waals surface area contributed by atoms with Crippen LogP contribution in [0.2, 0.25) is 0 Å². The molecule has 0 bridgehead atoms. The molecule has 0 atom stereocenters. The highest BCUT2D eigenvalue weighted by molar-refractivity contribution is 5.92. The van der Waals surface area contributed by atoms with E-state index in [2.05, 4.69) is 0 Å². The summed E-state index contributed by atoms with van der Waals surface area (Å²) < 4.78 is 15.6. The predicted octanol–water partition coefficient (Wildman–Crippen LogP) is 2.73. The molecule has 0 saturated carbocycles. The Labute approximate surface area is 130 Å². The van der Waals surface area contributed by atoms with Crippen molar-refractivity contribution in [1.82, 2.24) is 0 Å². The van der Waals surface area contributed by atoms with Gasteiger partial charge in [0.15, 0.2) is 11.5 Å². The lowest BCUT2D eigenvalue weighted by molar-refractivity contribution is 0.0730. The van der Waals surface area contributed by atoms with Gasteiger partial charge in [-0.05, 0) is 36.4 Å². The zero-order valence-electron chi connectivity index (χ0n) is 12.1. The maximum absolute atomic E-state index is 12.1. The van der Waals surface area contributed by atoms with E-state index in [0.717, 1.165) is 0 Å². The lowest BCUT2D eigenvalue weighted by Gasteiger charge is -2.10. The average Bonchev–Trinajstić information content (AvgIpc) is 2.54. The number of ether oxygens (including phenoxy) is 2. The number of phenols is 1. The van der Waals surface area contributed by atoms with Crippen molar-refractivity contribution in [3.05, 3.63) is 64.5 Å². The number of aromatic hydroxyl groups is 1. The molecule has 1 N–H and O–H groups in total. The smallest absolute Gasteiger partial charge is 0.343 e. The zero-order valence-corrected chi connectivity index (χ0v) is 12.1. The van der Waals surface area contributed by atoms with Crippen LogP contribution in [0.15, 0.2) is 57.7 Å². The molecule has 0 saturated heterocycles. The Bertz CT molecular complexity index is 924. The number of esters is 1.